The summed E-state index contributed by atoms with van der Waals surface area (Å²) in [5.41, 5.74) is -2.94. The Morgan fingerprint density at radius 1 is 0.382 bits per heavy atom. The van der Waals surface area contributed by atoms with E-state index in [9.17, 15) is 26.3 Å². The number of rotatable bonds is 18. The van der Waals surface area contributed by atoms with Crippen molar-refractivity contribution in [2.45, 2.75) is 22.1 Å². The molecule has 0 saturated carbocycles. The SMILES string of the molecule is O=C(CP(OB(Oc1cc(C(F)(F)F)cc(C(F)(F)F)c1)OP(CC(=O)c1ccccc1S)(c1ccccc1)(c1ccccc1)c1ccccc1)(c1ccccc1)(c1ccccc1)c1ccccc1)c1ccccc1S. The number of alkyl halides is 6. The van der Waals surface area contributed by atoms with E-state index in [-0.39, 0.29) is 17.2 Å². The second-order valence-corrected chi connectivity index (χ2v) is 28.0. The summed E-state index contributed by atoms with van der Waals surface area (Å²) in [4.78, 5) is 32.1. The summed E-state index contributed by atoms with van der Waals surface area (Å²) >= 11 is 9.45. The van der Waals surface area contributed by atoms with Crippen molar-refractivity contribution in [2.75, 3.05) is 12.3 Å². The number of halogens is 6. The van der Waals surface area contributed by atoms with Crippen LogP contribution in [-0.2, 0) is 21.2 Å². The predicted molar refractivity (Wildman–Crippen MR) is 301 cm³/mol. The molecule has 0 saturated heterocycles. The number of ketones is 2. The fraction of sp³-hybridized carbons (Fsp3) is 0.0667. The second kappa shape index (κ2) is 21.7. The molecule has 0 unspecified atom stereocenters. The van der Waals surface area contributed by atoms with Gasteiger partial charge in [-0.1, -0.05) is 0 Å². The van der Waals surface area contributed by atoms with E-state index in [0.717, 1.165) is 0 Å². The van der Waals surface area contributed by atoms with Gasteiger partial charge >= 0.3 is 450 Å². The van der Waals surface area contributed by atoms with Crippen LogP contribution in [0.2, 0.25) is 0 Å². The van der Waals surface area contributed by atoms with Gasteiger partial charge in [0.05, 0.1) is 0 Å². The molecule has 5 nitrogen and oxygen atoms in total. The van der Waals surface area contributed by atoms with Crippen LogP contribution in [0.3, 0.4) is 0 Å². The van der Waals surface area contributed by atoms with E-state index in [1.807, 2.05) is 0 Å². The molecule has 0 aliphatic carbocycles. The van der Waals surface area contributed by atoms with Gasteiger partial charge in [-0.05, 0) is 0 Å². The van der Waals surface area contributed by atoms with E-state index >= 15 is 9.59 Å². The summed E-state index contributed by atoms with van der Waals surface area (Å²) in [6.07, 6.45) is -11.6. The summed E-state index contributed by atoms with van der Waals surface area (Å²) in [6, 6.07) is 66.9. The van der Waals surface area contributed by atoms with Gasteiger partial charge in [0.15, 0.2) is 0 Å². The molecule has 0 N–H and O–H groups in total. The van der Waals surface area contributed by atoms with Crippen molar-refractivity contribution >= 4 is 89.6 Å². The first-order chi connectivity index (χ1) is 36.5. The molecule has 0 fully saturated rings. The normalized spacial score (nSPS) is 13.1. The summed E-state index contributed by atoms with van der Waals surface area (Å²) in [5, 5.41) is 2.46. The Balaban J connectivity index is 1.48. The quantitative estimate of drug-likeness (QED) is 0.0295. The number of carbonyl (C=O) groups is 2. The third-order valence-electron chi connectivity index (χ3n) is 13.5. The number of hydrogen-bond donors (Lipinski definition) is 2. The van der Waals surface area contributed by atoms with Crippen molar-refractivity contribution in [2.24, 2.45) is 0 Å². The van der Waals surface area contributed by atoms with Gasteiger partial charge in [0.25, 0.3) is 0 Å². The first kappa shape index (κ1) is 54.0. The number of Topliss-reactive ketones (excluding diaryl/α,β-unsaturated/α-hetero) is 2. The van der Waals surface area contributed by atoms with E-state index in [2.05, 4.69) is 0 Å². The topological polar surface area (TPSA) is 61.8 Å². The average molecular weight is 1100 g/mol. The Bertz CT molecular complexity index is 3070. The Morgan fingerprint density at radius 3 is 0.882 bits per heavy atom. The fourth-order valence-corrected chi connectivity index (χ4v) is 21.6. The maximum absolute atomic E-state index is 15.7. The molecule has 0 aliphatic heterocycles. The van der Waals surface area contributed by atoms with E-state index < -0.39 is 74.1 Å². The third-order valence-corrected chi connectivity index (χ3v) is 25.7. The van der Waals surface area contributed by atoms with Gasteiger partial charge in [0, 0.05) is 0 Å². The zero-order chi connectivity index (χ0) is 53.7. The molecular formula is C60H47BF6O5P2S2. The minimum absolute atomic E-state index is 0.000556. The summed E-state index contributed by atoms with van der Waals surface area (Å²) in [7, 11) is -2.40. The molecule has 384 valence electrons. The molecule has 0 aromatic heterocycles. The molecule has 76 heavy (non-hydrogen) atoms. The Labute approximate surface area is 447 Å². The molecule has 16 heteroatoms. The number of carbonyl (C=O) groups excluding carboxylic acids is 2. The second-order valence-electron chi connectivity index (χ2n) is 18.0. The fourth-order valence-electron chi connectivity index (χ4n) is 10.0. The molecule has 0 heterocycles. The standard InChI is InChI=1S/C60H47BF6O5P2S2/c62-59(63,64)44-39-45(60(65,66)67)41-46(40-44)70-61(71-73(47-23-7-1-8-24-47,48-25-9-2-10-26-48,49-27-11-3-12-28-49)42-55(68)53-35-19-21-37-57(53)75)72-74(50-29-13-4-14-30-50,51-31-15-5-16-32-51,52-33-17-6-18-34-52)43-56(69)54-36-20-22-38-58(54)76/h1-41,75-76H,42-43H2. The van der Waals surface area contributed by atoms with Crippen molar-refractivity contribution in [3.63, 3.8) is 0 Å². The minimum atomic E-state index is -5.33. The van der Waals surface area contributed by atoms with E-state index in [4.69, 9.17) is 38.8 Å². The Morgan fingerprint density at radius 2 is 0.632 bits per heavy atom. The van der Waals surface area contributed by atoms with Gasteiger partial charge in [-0.15, -0.1) is 0 Å². The molecule has 0 atom stereocenters. The first-order valence-corrected chi connectivity index (χ1v) is 29.4. The van der Waals surface area contributed by atoms with Crippen molar-refractivity contribution in [3.8, 4) is 5.75 Å². The summed E-state index contributed by atoms with van der Waals surface area (Å²) in [6.45, 7) is -10.7. The van der Waals surface area contributed by atoms with Gasteiger partial charge in [0.2, 0.25) is 0 Å². The zero-order valence-electron chi connectivity index (χ0n) is 40.3. The van der Waals surface area contributed by atoms with Crippen LogP contribution in [0, 0.1) is 0 Å². The van der Waals surface area contributed by atoms with Crippen molar-refractivity contribution in [1.82, 2.24) is 0 Å². The molecule has 0 radical (unpaired) electrons. The van der Waals surface area contributed by atoms with Crippen LogP contribution < -0.4 is 36.5 Å². The molecule has 0 aliphatic rings. The van der Waals surface area contributed by atoms with Crippen LogP contribution in [0.25, 0.3) is 0 Å². The zero-order valence-corrected chi connectivity index (χ0v) is 43.8. The molecule has 9 aromatic rings. The molecule has 9 aromatic carbocycles. The molecule has 0 bridgehead atoms. The number of thiol groups is 2. The van der Waals surface area contributed by atoms with Crippen LogP contribution in [0.4, 0.5) is 26.3 Å². The van der Waals surface area contributed by atoms with Gasteiger partial charge in [-0.3, -0.25) is 0 Å². The number of hydrogen-bond acceptors (Lipinski definition) is 7. The Hall–Kier alpha value is -6.76. The van der Waals surface area contributed by atoms with Gasteiger partial charge in [-0.2, -0.15) is 0 Å². The molecular weight excluding hydrogens is 1050 g/mol. The van der Waals surface area contributed by atoms with E-state index in [0.29, 0.717) is 53.8 Å². The maximum atomic E-state index is 15.7. The van der Waals surface area contributed by atoms with Crippen LogP contribution in [0.5, 0.6) is 5.75 Å². The monoisotopic (exact) mass is 1100 g/mol. The van der Waals surface area contributed by atoms with Crippen LogP contribution >= 0.6 is 38.9 Å². The summed E-state index contributed by atoms with van der Waals surface area (Å²) in [5.74, 6) is -1.91. The predicted octanol–water partition coefficient (Wildman–Crippen LogP) is 13.4. The molecule has 9 rings (SSSR count). The van der Waals surface area contributed by atoms with Gasteiger partial charge in [0.1, 0.15) is 0 Å². The van der Waals surface area contributed by atoms with E-state index in [1.165, 1.54) is 0 Å². The Kier molecular flexibility index (Phi) is 15.4. The van der Waals surface area contributed by atoms with Crippen molar-refractivity contribution in [3.05, 3.63) is 271 Å². The first-order valence-electron chi connectivity index (χ1n) is 23.8. The molecule has 0 amide bonds. The van der Waals surface area contributed by atoms with E-state index in [1.54, 1.807) is 231 Å². The van der Waals surface area contributed by atoms with Crippen LogP contribution in [-0.4, -0.2) is 31.2 Å². The number of benzene rings is 9. The average Bonchev–Trinajstić information content (AvgIpc) is 3.51. The van der Waals surface area contributed by atoms with Crippen LogP contribution in [0.15, 0.2) is 259 Å². The summed E-state index contributed by atoms with van der Waals surface area (Å²) < 4.78 is 113. The van der Waals surface area contributed by atoms with Crippen molar-refractivity contribution in [1.29, 1.82) is 0 Å². The molecule has 0 spiro atoms. The third kappa shape index (κ3) is 10.1. The van der Waals surface area contributed by atoms with Gasteiger partial charge in [-0.25, -0.2) is 0 Å². The van der Waals surface area contributed by atoms with Crippen molar-refractivity contribution < 1.29 is 49.5 Å². The van der Waals surface area contributed by atoms with Gasteiger partial charge < -0.3 is 0 Å². The van der Waals surface area contributed by atoms with Crippen LogP contribution in [0.1, 0.15) is 31.8 Å².